The molecule has 1 fully saturated rings. The first-order valence-electron chi connectivity index (χ1n) is 5.39. The average Bonchev–Trinajstić information content (AvgIpc) is 2.68. The van der Waals surface area contributed by atoms with E-state index in [0.29, 0.717) is 17.9 Å². The Balaban J connectivity index is 1.91. The van der Waals surface area contributed by atoms with E-state index in [1.807, 2.05) is 0 Å². The van der Waals surface area contributed by atoms with E-state index in [1.165, 1.54) is 0 Å². The van der Waals surface area contributed by atoms with E-state index >= 15 is 0 Å². The molecule has 1 aromatic heterocycles. The van der Waals surface area contributed by atoms with Crippen LogP contribution in [0.2, 0.25) is 0 Å². The maximum atomic E-state index is 5.36. The lowest BCUT2D eigenvalue weighted by atomic mass is 10.2. The normalized spacial score (nSPS) is 22.2. The molecule has 0 spiro atoms. The van der Waals surface area contributed by atoms with Crippen molar-refractivity contribution in [2.45, 2.75) is 32.2 Å². The van der Waals surface area contributed by atoms with Crippen LogP contribution in [0.5, 0.6) is 0 Å². The van der Waals surface area contributed by atoms with Crippen molar-refractivity contribution in [2.75, 3.05) is 19.8 Å². The third-order valence-corrected chi connectivity index (χ3v) is 2.42. The summed E-state index contributed by atoms with van der Waals surface area (Å²) < 4.78 is 10.5. The van der Waals surface area contributed by atoms with Gasteiger partial charge in [-0.25, -0.2) is 0 Å². The Bertz CT molecular complexity index is 305. The van der Waals surface area contributed by atoms with Gasteiger partial charge in [0.2, 0.25) is 5.89 Å². The Morgan fingerprint density at radius 2 is 2.40 bits per heavy atom. The van der Waals surface area contributed by atoms with Crippen LogP contribution in [0, 0.1) is 0 Å². The van der Waals surface area contributed by atoms with E-state index < -0.39 is 0 Å². The number of aromatic nitrogens is 2. The van der Waals surface area contributed by atoms with Crippen LogP contribution in [0.4, 0.5) is 0 Å². The van der Waals surface area contributed by atoms with Crippen molar-refractivity contribution in [3.63, 3.8) is 0 Å². The maximum Gasteiger partial charge on any atom is 0.228 e. The summed E-state index contributed by atoms with van der Waals surface area (Å²) in [5.41, 5.74) is 0. The first-order valence-corrected chi connectivity index (χ1v) is 5.39. The maximum absolute atomic E-state index is 5.36. The van der Waals surface area contributed by atoms with E-state index in [1.54, 1.807) is 0 Å². The zero-order valence-electron chi connectivity index (χ0n) is 9.19. The van der Waals surface area contributed by atoms with Crippen molar-refractivity contribution in [1.82, 2.24) is 15.5 Å². The molecule has 2 heterocycles. The Morgan fingerprint density at radius 1 is 1.53 bits per heavy atom. The van der Waals surface area contributed by atoms with Gasteiger partial charge in [0.05, 0.1) is 13.2 Å². The van der Waals surface area contributed by atoms with Crippen LogP contribution in [0.1, 0.15) is 31.5 Å². The zero-order chi connectivity index (χ0) is 10.7. The first kappa shape index (κ1) is 10.6. The Hall–Kier alpha value is -0.940. The predicted molar refractivity (Wildman–Crippen MR) is 54.7 cm³/mol. The van der Waals surface area contributed by atoms with Gasteiger partial charge in [0.15, 0.2) is 5.82 Å². The molecular weight excluding hydrogens is 194 g/mol. The number of rotatable bonds is 3. The van der Waals surface area contributed by atoms with Gasteiger partial charge in [0.1, 0.15) is 0 Å². The summed E-state index contributed by atoms with van der Waals surface area (Å²) in [7, 11) is 0. The second-order valence-corrected chi connectivity index (χ2v) is 4.13. The molecule has 15 heavy (non-hydrogen) atoms. The second-order valence-electron chi connectivity index (χ2n) is 4.13. The number of hydrogen-bond acceptors (Lipinski definition) is 5. The first-order chi connectivity index (χ1) is 7.25. The summed E-state index contributed by atoms with van der Waals surface area (Å²) in [5.74, 6) is 1.79. The number of nitrogens with zero attached hydrogens (tertiary/aromatic N) is 2. The quantitative estimate of drug-likeness (QED) is 0.798. The van der Waals surface area contributed by atoms with Gasteiger partial charge in [-0.2, -0.15) is 4.98 Å². The van der Waals surface area contributed by atoms with E-state index in [9.17, 15) is 0 Å². The highest BCUT2D eigenvalue weighted by molar-refractivity contribution is 4.94. The molecule has 0 amide bonds. The molecule has 1 saturated heterocycles. The molecule has 5 nitrogen and oxygen atoms in total. The van der Waals surface area contributed by atoms with Crippen LogP contribution in [0.3, 0.4) is 0 Å². The summed E-state index contributed by atoms with van der Waals surface area (Å²) in [5, 5.41) is 7.28. The average molecular weight is 211 g/mol. The van der Waals surface area contributed by atoms with Crippen molar-refractivity contribution in [3.8, 4) is 0 Å². The van der Waals surface area contributed by atoms with Gasteiger partial charge >= 0.3 is 0 Å². The Kier molecular flexibility index (Phi) is 3.33. The van der Waals surface area contributed by atoms with Gasteiger partial charge in [0, 0.05) is 24.9 Å². The number of nitrogens with one attached hydrogen (secondary N) is 1. The lowest BCUT2D eigenvalue weighted by Crippen LogP contribution is -2.42. The minimum Gasteiger partial charge on any atom is -0.378 e. The van der Waals surface area contributed by atoms with Gasteiger partial charge < -0.3 is 14.6 Å². The lowest BCUT2D eigenvalue weighted by Gasteiger charge is -2.22. The largest absolute Gasteiger partial charge is 0.378 e. The third-order valence-electron chi connectivity index (χ3n) is 2.42. The molecule has 2 rings (SSSR count). The van der Waals surface area contributed by atoms with Gasteiger partial charge in [-0.15, -0.1) is 0 Å². The van der Waals surface area contributed by atoms with Crippen LogP contribution in [-0.4, -0.2) is 35.9 Å². The molecule has 0 bridgehead atoms. The number of hydrogen-bond donors (Lipinski definition) is 1. The summed E-state index contributed by atoms with van der Waals surface area (Å²) in [6.45, 7) is 6.51. The molecule has 0 aromatic carbocycles. The highest BCUT2D eigenvalue weighted by Crippen LogP contribution is 2.11. The van der Waals surface area contributed by atoms with Crippen LogP contribution in [0.15, 0.2) is 4.52 Å². The molecule has 1 aromatic rings. The third kappa shape index (κ3) is 2.76. The molecule has 0 radical (unpaired) electrons. The van der Waals surface area contributed by atoms with Crippen LogP contribution < -0.4 is 5.32 Å². The van der Waals surface area contributed by atoms with Crippen molar-refractivity contribution in [2.24, 2.45) is 0 Å². The van der Waals surface area contributed by atoms with Gasteiger partial charge in [-0.1, -0.05) is 19.0 Å². The van der Waals surface area contributed by atoms with Gasteiger partial charge in [-0.05, 0) is 0 Å². The fraction of sp³-hybridized carbons (Fsp3) is 0.800. The molecule has 0 aliphatic carbocycles. The fourth-order valence-electron chi connectivity index (χ4n) is 1.55. The van der Waals surface area contributed by atoms with Crippen LogP contribution in [-0.2, 0) is 11.2 Å². The van der Waals surface area contributed by atoms with E-state index in [-0.39, 0.29) is 0 Å². The van der Waals surface area contributed by atoms with Gasteiger partial charge in [-0.3, -0.25) is 0 Å². The number of ether oxygens (including phenoxy) is 1. The summed E-state index contributed by atoms with van der Waals surface area (Å²) >= 11 is 0. The highest BCUT2D eigenvalue weighted by atomic mass is 16.5. The topological polar surface area (TPSA) is 60.2 Å². The van der Waals surface area contributed by atoms with E-state index in [2.05, 4.69) is 29.3 Å². The molecule has 1 atom stereocenters. The standard InChI is InChI=1S/C10H17N3O2/c1-7(2)10-12-9(15-13-10)5-8-6-14-4-3-11-8/h7-8,11H,3-6H2,1-2H3. The van der Waals surface area contributed by atoms with E-state index in [4.69, 9.17) is 9.26 Å². The molecule has 0 saturated carbocycles. The zero-order valence-corrected chi connectivity index (χ0v) is 9.19. The van der Waals surface area contributed by atoms with Crippen molar-refractivity contribution < 1.29 is 9.26 Å². The monoisotopic (exact) mass is 211 g/mol. The predicted octanol–water partition coefficient (Wildman–Crippen LogP) is 0.724. The smallest absolute Gasteiger partial charge is 0.228 e. The molecule has 5 heteroatoms. The van der Waals surface area contributed by atoms with Crippen molar-refractivity contribution in [1.29, 1.82) is 0 Å². The van der Waals surface area contributed by atoms with E-state index in [0.717, 1.165) is 32.0 Å². The summed E-state index contributed by atoms with van der Waals surface area (Å²) in [6, 6.07) is 0.305. The molecular formula is C10H17N3O2. The van der Waals surface area contributed by atoms with Crippen LogP contribution in [0.25, 0.3) is 0 Å². The second kappa shape index (κ2) is 4.72. The molecule has 84 valence electrons. The molecule has 1 aliphatic heterocycles. The summed E-state index contributed by atoms with van der Waals surface area (Å²) in [6.07, 6.45) is 0.750. The minimum atomic E-state index is 0.305. The summed E-state index contributed by atoms with van der Waals surface area (Å²) in [4.78, 5) is 4.33. The molecule has 1 unspecified atom stereocenters. The van der Waals surface area contributed by atoms with Crippen molar-refractivity contribution in [3.05, 3.63) is 11.7 Å². The highest BCUT2D eigenvalue weighted by Gasteiger charge is 2.17. The molecule has 1 aliphatic rings. The van der Waals surface area contributed by atoms with Crippen LogP contribution >= 0.6 is 0 Å². The van der Waals surface area contributed by atoms with Crippen molar-refractivity contribution >= 4 is 0 Å². The van der Waals surface area contributed by atoms with Gasteiger partial charge in [0.25, 0.3) is 0 Å². The Labute approximate surface area is 89.2 Å². The lowest BCUT2D eigenvalue weighted by molar-refractivity contribution is 0.0744. The number of morpholine rings is 1. The Morgan fingerprint density at radius 3 is 3.00 bits per heavy atom. The minimum absolute atomic E-state index is 0.305. The SMILES string of the molecule is CC(C)c1noc(CC2COCCN2)n1. The fourth-order valence-corrected chi connectivity index (χ4v) is 1.55. The molecule has 1 N–H and O–H groups in total.